The van der Waals surface area contributed by atoms with Crippen LogP contribution in [-0.4, -0.2) is 45.2 Å². The number of nitrogens with two attached hydrogens (primary N) is 1. The molecule has 27 heavy (non-hydrogen) atoms. The van der Waals surface area contributed by atoms with Crippen LogP contribution in [0.25, 0.3) is 0 Å². The quantitative estimate of drug-likeness (QED) is 0.793. The predicted molar refractivity (Wildman–Crippen MR) is 112 cm³/mol. The van der Waals surface area contributed by atoms with Crippen molar-refractivity contribution in [2.45, 2.75) is 71.8 Å². The van der Waals surface area contributed by atoms with E-state index in [9.17, 15) is 4.79 Å². The van der Waals surface area contributed by atoms with E-state index in [1.165, 1.54) is 19.3 Å². The second-order valence-electron chi connectivity index (χ2n) is 8.18. The van der Waals surface area contributed by atoms with Gasteiger partial charge in [0.25, 0.3) is 0 Å². The fourth-order valence-corrected chi connectivity index (χ4v) is 4.61. The topological polar surface area (TPSA) is 77.0 Å². The van der Waals surface area contributed by atoms with E-state index < -0.39 is 0 Å². The van der Waals surface area contributed by atoms with Gasteiger partial charge in [0.05, 0.1) is 0 Å². The molecule has 0 aromatic carbocycles. The van der Waals surface area contributed by atoms with Crippen molar-refractivity contribution < 1.29 is 4.79 Å². The predicted octanol–water partition coefficient (Wildman–Crippen LogP) is 3.28. The molecule has 6 nitrogen and oxygen atoms in total. The van der Waals surface area contributed by atoms with Crippen LogP contribution < -0.4 is 5.73 Å². The van der Waals surface area contributed by atoms with Crippen LogP contribution >= 0.6 is 24.8 Å². The summed E-state index contributed by atoms with van der Waals surface area (Å²) in [5, 5.41) is 4.48. The molecule has 3 rings (SSSR count). The van der Waals surface area contributed by atoms with Crippen molar-refractivity contribution in [2.75, 3.05) is 19.6 Å². The van der Waals surface area contributed by atoms with Crippen LogP contribution in [0.5, 0.6) is 0 Å². The van der Waals surface area contributed by atoms with E-state index in [1.54, 1.807) is 0 Å². The molecule has 1 aromatic heterocycles. The summed E-state index contributed by atoms with van der Waals surface area (Å²) in [4.78, 5) is 19.4. The van der Waals surface area contributed by atoms with Crippen molar-refractivity contribution in [2.24, 2.45) is 17.1 Å². The molecule has 1 aromatic rings. The van der Waals surface area contributed by atoms with Gasteiger partial charge >= 0.3 is 0 Å². The van der Waals surface area contributed by atoms with Crippen molar-refractivity contribution in [3.63, 3.8) is 0 Å². The van der Waals surface area contributed by atoms with E-state index in [2.05, 4.69) is 15.0 Å². The molecule has 1 aliphatic carbocycles. The van der Waals surface area contributed by atoms with Gasteiger partial charge in [-0.2, -0.15) is 5.10 Å². The van der Waals surface area contributed by atoms with Crippen molar-refractivity contribution in [1.29, 1.82) is 0 Å². The van der Waals surface area contributed by atoms with Crippen LogP contribution in [0.1, 0.15) is 63.0 Å². The second kappa shape index (κ2) is 10.6. The Hall–Kier alpha value is -0.850. The zero-order valence-electron chi connectivity index (χ0n) is 16.7. The van der Waals surface area contributed by atoms with Crippen molar-refractivity contribution >= 4 is 30.7 Å². The van der Waals surface area contributed by atoms with E-state index in [4.69, 9.17) is 5.73 Å². The van der Waals surface area contributed by atoms with E-state index in [-0.39, 0.29) is 30.2 Å². The van der Waals surface area contributed by atoms with Crippen LogP contribution in [0.4, 0.5) is 0 Å². The fraction of sp³-hybridized carbons (Fsp3) is 0.842. The number of aromatic nitrogens is 3. The minimum Gasteiger partial charge on any atom is -0.342 e. The molecule has 2 aliphatic rings. The molecular formula is C19H35Cl2N5O. The Morgan fingerprint density at radius 2 is 1.89 bits per heavy atom. The molecule has 1 unspecified atom stereocenters. The molecule has 1 atom stereocenters. The third kappa shape index (κ3) is 6.06. The van der Waals surface area contributed by atoms with Gasteiger partial charge in [-0.05, 0) is 57.4 Å². The van der Waals surface area contributed by atoms with E-state index >= 15 is 0 Å². The molecule has 8 heteroatoms. The summed E-state index contributed by atoms with van der Waals surface area (Å²) in [6.45, 7) is 7.17. The number of carbonyl (C=O) groups excluding carboxylic acids is 1. The minimum absolute atomic E-state index is 0. The summed E-state index contributed by atoms with van der Waals surface area (Å²) < 4.78 is 2.00. The van der Waals surface area contributed by atoms with E-state index in [0.29, 0.717) is 24.8 Å². The van der Waals surface area contributed by atoms with Crippen molar-refractivity contribution in [3.05, 3.63) is 11.6 Å². The Labute approximate surface area is 175 Å². The number of likely N-dealkylation sites (tertiary alicyclic amines) is 1. The Balaban J connectivity index is 0.00000182. The highest BCUT2D eigenvalue weighted by atomic mass is 35.5. The molecule has 2 N–H and O–H groups in total. The Kier molecular flexibility index (Phi) is 9.52. The summed E-state index contributed by atoms with van der Waals surface area (Å²) in [7, 11) is 0. The van der Waals surface area contributed by atoms with Gasteiger partial charge in [0.15, 0.2) is 0 Å². The van der Waals surface area contributed by atoms with Crippen molar-refractivity contribution in [1.82, 2.24) is 19.7 Å². The number of carbonyl (C=O) groups is 1. The number of rotatable bonds is 5. The Morgan fingerprint density at radius 3 is 2.48 bits per heavy atom. The molecule has 156 valence electrons. The first kappa shape index (κ1) is 24.2. The monoisotopic (exact) mass is 419 g/mol. The highest BCUT2D eigenvalue weighted by Gasteiger charge is 2.35. The third-order valence-corrected chi connectivity index (χ3v) is 6.14. The molecule has 2 heterocycles. The SMILES string of the molecule is Cc1nc(C)n(CC2CCCN(C(=O)CC3(CN)CCCCC3)C2)n1.Cl.Cl. The number of aryl methyl sites for hydroxylation is 2. The molecule has 2 fully saturated rings. The lowest BCUT2D eigenvalue weighted by Gasteiger charge is -2.39. The molecular weight excluding hydrogens is 385 g/mol. The maximum atomic E-state index is 12.9. The molecule has 1 amide bonds. The van der Waals surface area contributed by atoms with Gasteiger partial charge in [-0.25, -0.2) is 9.67 Å². The Bertz CT molecular complexity index is 601. The number of hydrogen-bond acceptors (Lipinski definition) is 4. The molecule has 0 bridgehead atoms. The minimum atomic E-state index is 0. The number of halogens is 2. The number of amides is 1. The van der Waals surface area contributed by atoms with Crippen LogP contribution in [0.15, 0.2) is 0 Å². The van der Waals surface area contributed by atoms with Gasteiger partial charge in [0.1, 0.15) is 11.6 Å². The van der Waals surface area contributed by atoms with Gasteiger partial charge in [0.2, 0.25) is 5.91 Å². The van der Waals surface area contributed by atoms with Crippen LogP contribution in [0.3, 0.4) is 0 Å². The van der Waals surface area contributed by atoms with Crippen LogP contribution in [-0.2, 0) is 11.3 Å². The first-order valence-corrected chi connectivity index (χ1v) is 9.87. The summed E-state index contributed by atoms with van der Waals surface area (Å²) in [6, 6.07) is 0. The van der Waals surface area contributed by atoms with E-state index in [0.717, 1.165) is 57.0 Å². The highest BCUT2D eigenvalue weighted by molar-refractivity contribution is 5.85. The number of hydrogen-bond donors (Lipinski definition) is 1. The lowest BCUT2D eigenvalue weighted by atomic mass is 9.71. The number of piperidine rings is 1. The van der Waals surface area contributed by atoms with Gasteiger partial charge < -0.3 is 10.6 Å². The maximum absolute atomic E-state index is 12.9. The zero-order chi connectivity index (χ0) is 17.9. The first-order valence-electron chi connectivity index (χ1n) is 9.87. The van der Waals surface area contributed by atoms with Gasteiger partial charge in [-0.3, -0.25) is 4.79 Å². The lowest BCUT2D eigenvalue weighted by Crippen LogP contribution is -2.45. The third-order valence-electron chi connectivity index (χ3n) is 6.14. The van der Waals surface area contributed by atoms with Crippen LogP contribution in [0, 0.1) is 25.2 Å². The van der Waals surface area contributed by atoms with Gasteiger partial charge in [-0.1, -0.05) is 19.3 Å². The molecule has 1 aliphatic heterocycles. The lowest BCUT2D eigenvalue weighted by molar-refractivity contribution is -0.136. The summed E-state index contributed by atoms with van der Waals surface area (Å²) in [6.07, 6.45) is 8.84. The molecule has 1 saturated carbocycles. The largest absolute Gasteiger partial charge is 0.342 e. The zero-order valence-corrected chi connectivity index (χ0v) is 18.3. The van der Waals surface area contributed by atoms with E-state index in [1.807, 2.05) is 18.5 Å². The molecule has 0 spiro atoms. The highest BCUT2D eigenvalue weighted by Crippen LogP contribution is 2.39. The number of nitrogens with zero attached hydrogens (tertiary/aromatic N) is 4. The summed E-state index contributed by atoms with van der Waals surface area (Å²) >= 11 is 0. The van der Waals surface area contributed by atoms with Gasteiger partial charge in [-0.15, -0.1) is 24.8 Å². The average Bonchev–Trinajstić information content (AvgIpc) is 2.93. The first-order chi connectivity index (χ1) is 12.0. The van der Waals surface area contributed by atoms with Crippen molar-refractivity contribution in [3.8, 4) is 0 Å². The average molecular weight is 420 g/mol. The normalized spacial score (nSPS) is 21.9. The van der Waals surface area contributed by atoms with Gasteiger partial charge in [0, 0.05) is 26.1 Å². The standard InChI is InChI=1S/C19H33N5O.2ClH/c1-15-21-16(2)24(22-15)13-17-7-6-10-23(12-17)18(25)11-19(14-20)8-4-3-5-9-19;;/h17H,3-14,20H2,1-2H3;2*1H. The smallest absolute Gasteiger partial charge is 0.223 e. The molecule has 0 radical (unpaired) electrons. The summed E-state index contributed by atoms with van der Waals surface area (Å²) in [5.41, 5.74) is 6.13. The van der Waals surface area contributed by atoms with Crippen LogP contribution in [0.2, 0.25) is 0 Å². The Morgan fingerprint density at radius 1 is 1.19 bits per heavy atom. The molecule has 1 saturated heterocycles. The second-order valence-corrected chi connectivity index (χ2v) is 8.18. The fourth-order valence-electron chi connectivity index (χ4n) is 4.61. The summed E-state index contributed by atoms with van der Waals surface area (Å²) in [5.74, 6) is 2.56. The maximum Gasteiger partial charge on any atom is 0.223 e.